The summed E-state index contributed by atoms with van der Waals surface area (Å²) in [5.74, 6) is -3.81. The molecule has 0 spiro atoms. The smallest absolute Gasteiger partial charge is 0.487 e. The Morgan fingerprint density at radius 2 is 1.74 bits per heavy atom. The summed E-state index contributed by atoms with van der Waals surface area (Å²) in [6.45, 7) is 0.855. The maximum absolute atomic E-state index is 13.7. The number of carboxylic acid groups (broad SMARTS) is 1. The van der Waals surface area contributed by atoms with Gasteiger partial charge in [0, 0.05) is 17.8 Å². The SMILES string of the molecule is NCCc1cccc(Cn2ccc(OCc3ccc(F)cc3F)c(Br)c2=O)c1.O=C(O)C(F)(F)F. The predicted octanol–water partition coefficient (Wildman–Crippen LogP) is 4.65. The van der Waals surface area contributed by atoms with E-state index in [9.17, 15) is 26.7 Å². The van der Waals surface area contributed by atoms with Gasteiger partial charge in [0.2, 0.25) is 0 Å². The molecule has 35 heavy (non-hydrogen) atoms. The molecule has 3 aromatic rings. The highest BCUT2D eigenvalue weighted by Gasteiger charge is 2.38. The summed E-state index contributed by atoms with van der Waals surface area (Å²) in [5.41, 5.74) is 7.64. The molecule has 3 rings (SSSR count). The quantitative estimate of drug-likeness (QED) is 0.409. The van der Waals surface area contributed by atoms with E-state index in [0.717, 1.165) is 29.7 Å². The number of carboxylic acids is 1. The number of ether oxygens (including phenoxy) is 1. The normalized spacial score (nSPS) is 10.9. The minimum Gasteiger partial charge on any atom is -0.487 e. The Morgan fingerprint density at radius 1 is 1.09 bits per heavy atom. The molecule has 0 atom stereocenters. The van der Waals surface area contributed by atoms with Crippen LogP contribution in [0.15, 0.2) is 64.0 Å². The topological polar surface area (TPSA) is 94.5 Å². The molecule has 0 radical (unpaired) electrons. The summed E-state index contributed by atoms with van der Waals surface area (Å²) in [4.78, 5) is 21.5. The highest BCUT2D eigenvalue weighted by molar-refractivity contribution is 9.10. The molecule has 0 aliphatic rings. The highest BCUT2D eigenvalue weighted by Crippen LogP contribution is 2.22. The van der Waals surface area contributed by atoms with Crippen LogP contribution in [0.5, 0.6) is 5.75 Å². The zero-order valence-corrected chi connectivity index (χ0v) is 19.6. The average molecular weight is 563 g/mol. The van der Waals surface area contributed by atoms with Crippen molar-refractivity contribution >= 4 is 21.9 Å². The average Bonchev–Trinajstić information content (AvgIpc) is 2.78. The van der Waals surface area contributed by atoms with Crippen LogP contribution in [-0.2, 0) is 24.4 Å². The van der Waals surface area contributed by atoms with Crippen molar-refractivity contribution in [3.8, 4) is 5.75 Å². The second-order valence-electron chi connectivity index (χ2n) is 7.11. The van der Waals surface area contributed by atoms with Gasteiger partial charge in [0.05, 0.1) is 6.54 Å². The van der Waals surface area contributed by atoms with Crippen molar-refractivity contribution in [3.05, 3.63) is 97.9 Å². The third-order valence-electron chi connectivity index (χ3n) is 4.49. The van der Waals surface area contributed by atoms with E-state index in [-0.39, 0.29) is 22.2 Å². The van der Waals surface area contributed by atoms with Gasteiger partial charge in [-0.2, -0.15) is 13.2 Å². The van der Waals surface area contributed by atoms with Crippen molar-refractivity contribution in [2.45, 2.75) is 25.7 Å². The largest absolute Gasteiger partial charge is 0.490 e. The molecule has 0 unspecified atom stereocenters. The van der Waals surface area contributed by atoms with Gasteiger partial charge in [-0.1, -0.05) is 24.3 Å². The molecule has 0 saturated carbocycles. The number of nitrogens with two attached hydrogens (primary N) is 1. The first-order valence-corrected chi connectivity index (χ1v) is 10.7. The Morgan fingerprint density at radius 3 is 2.34 bits per heavy atom. The van der Waals surface area contributed by atoms with E-state index in [1.807, 2.05) is 24.3 Å². The first-order chi connectivity index (χ1) is 16.4. The number of alkyl halides is 3. The van der Waals surface area contributed by atoms with Gasteiger partial charge in [-0.25, -0.2) is 13.6 Å². The van der Waals surface area contributed by atoms with Crippen LogP contribution in [-0.4, -0.2) is 28.4 Å². The fourth-order valence-corrected chi connectivity index (χ4v) is 3.28. The van der Waals surface area contributed by atoms with Crippen LogP contribution in [0.1, 0.15) is 16.7 Å². The van der Waals surface area contributed by atoms with Gasteiger partial charge in [0.15, 0.2) is 0 Å². The molecule has 0 bridgehead atoms. The number of hydrogen-bond donors (Lipinski definition) is 2. The lowest BCUT2D eigenvalue weighted by molar-refractivity contribution is -0.192. The van der Waals surface area contributed by atoms with E-state index in [1.54, 1.807) is 16.8 Å². The molecule has 0 amide bonds. The summed E-state index contributed by atoms with van der Waals surface area (Å²) in [6, 6.07) is 12.8. The Labute approximate surface area is 204 Å². The first-order valence-electron chi connectivity index (χ1n) is 9.96. The van der Waals surface area contributed by atoms with Crippen LogP contribution in [0.25, 0.3) is 0 Å². The molecular formula is C23H20BrF5N2O4. The summed E-state index contributed by atoms with van der Waals surface area (Å²) in [5, 5.41) is 7.12. The number of rotatable bonds is 7. The molecule has 3 N–H and O–H groups in total. The second-order valence-corrected chi connectivity index (χ2v) is 7.91. The number of aliphatic carboxylic acids is 1. The number of hydrogen-bond acceptors (Lipinski definition) is 4. The third kappa shape index (κ3) is 8.48. The van der Waals surface area contributed by atoms with Crippen molar-refractivity contribution in [1.82, 2.24) is 4.57 Å². The fraction of sp³-hybridized carbons (Fsp3) is 0.217. The van der Waals surface area contributed by atoms with Crippen LogP contribution in [0.3, 0.4) is 0 Å². The van der Waals surface area contributed by atoms with Crippen molar-refractivity contribution < 1.29 is 36.6 Å². The molecule has 6 nitrogen and oxygen atoms in total. The van der Waals surface area contributed by atoms with Crippen LogP contribution >= 0.6 is 15.9 Å². The van der Waals surface area contributed by atoms with Gasteiger partial charge in [-0.15, -0.1) is 0 Å². The summed E-state index contributed by atoms with van der Waals surface area (Å²) in [6.07, 6.45) is -2.68. The first kappa shape index (κ1) is 28.0. The van der Waals surface area contributed by atoms with E-state index < -0.39 is 23.8 Å². The summed E-state index contributed by atoms with van der Waals surface area (Å²) < 4.78 is 65.8. The van der Waals surface area contributed by atoms with E-state index in [1.165, 1.54) is 6.07 Å². The molecular weight excluding hydrogens is 543 g/mol. The number of halogens is 6. The molecule has 0 saturated heterocycles. The molecule has 12 heteroatoms. The van der Waals surface area contributed by atoms with E-state index in [2.05, 4.69) is 15.9 Å². The van der Waals surface area contributed by atoms with Crippen molar-refractivity contribution in [2.75, 3.05) is 6.54 Å². The number of nitrogens with zero attached hydrogens (tertiary/aromatic N) is 1. The lowest BCUT2D eigenvalue weighted by Gasteiger charge is -2.12. The van der Waals surface area contributed by atoms with Gasteiger partial charge in [0.25, 0.3) is 5.56 Å². The molecule has 2 aromatic carbocycles. The summed E-state index contributed by atoms with van der Waals surface area (Å²) >= 11 is 3.26. The molecule has 1 aromatic heterocycles. The minimum atomic E-state index is -5.08. The minimum absolute atomic E-state index is 0.116. The Kier molecular flexibility index (Phi) is 9.96. The lowest BCUT2D eigenvalue weighted by atomic mass is 10.1. The van der Waals surface area contributed by atoms with Gasteiger partial charge in [0.1, 0.15) is 28.5 Å². The maximum atomic E-state index is 13.7. The number of carbonyl (C=O) groups is 1. The van der Waals surface area contributed by atoms with Crippen molar-refractivity contribution in [3.63, 3.8) is 0 Å². The van der Waals surface area contributed by atoms with Crippen molar-refractivity contribution in [2.24, 2.45) is 5.73 Å². The van der Waals surface area contributed by atoms with E-state index in [0.29, 0.717) is 18.8 Å². The number of benzene rings is 2. The van der Waals surface area contributed by atoms with E-state index >= 15 is 0 Å². The summed E-state index contributed by atoms with van der Waals surface area (Å²) in [7, 11) is 0. The van der Waals surface area contributed by atoms with Gasteiger partial charge >= 0.3 is 12.1 Å². The maximum Gasteiger partial charge on any atom is 0.490 e. The Balaban J connectivity index is 0.000000540. The lowest BCUT2D eigenvalue weighted by Crippen LogP contribution is -2.21. The standard InChI is InChI=1S/C21H19BrF2N2O2.C2HF3O2/c22-20-19(28-13-16-4-5-17(23)11-18(16)24)7-9-26(21(20)27)12-15-3-1-2-14(10-15)6-8-25;3-2(4,5)1(6)7/h1-5,7,9-11H,6,8,12-13,25H2;(H,6,7). The molecule has 188 valence electrons. The van der Waals surface area contributed by atoms with Gasteiger partial charge in [-0.05, 0) is 58.2 Å². The molecule has 0 aliphatic carbocycles. The monoisotopic (exact) mass is 562 g/mol. The van der Waals surface area contributed by atoms with Crippen molar-refractivity contribution in [1.29, 1.82) is 0 Å². The fourth-order valence-electron chi connectivity index (χ4n) is 2.81. The molecule has 0 aliphatic heterocycles. The Bertz CT molecular complexity index is 1230. The molecule has 1 heterocycles. The molecule has 0 fully saturated rings. The third-order valence-corrected chi connectivity index (χ3v) is 5.22. The number of aromatic nitrogens is 1. The van der Waals surface area contributed by atoms with Gasteiger partial charge in [-0.3, -0.25) is 4.79 Å². The number of pyridine rings is 1. The zero-order chi connectivity index (χ0) is 26.2. The van der Waals surface area contributed by atoms with Crippen LogP contribution in [0, 0.1) is 11.6 Å². The Hall–Kier alpha value is -3.25. The second kappa shape index (κ2) is 12.5. The van der Waals surface area contributed by atoms with Gasteiger partial charge < -0.3 is 20.1 Å². The van der Waals surface area contributed by atoms with Crippen LogP contribution in [0.4, 0.5) is 22.0 Å². The van der Waals surface area contributed by atoms with Crippen LogP contribution < -0.4 is 16.0 Å². The highest BCUT2D eigenvalue weighted by atomic mass is 79.9. The zero-order valence-electron chi connectivity index (χ0n) is 18.0. The van der Waals surface area contributed by atoms with E-state index in [4.69, 9.17) is 20.4 Å². The van der Waals surface area contributed by atoms with Crippen LogP contribution in [0.2, 0.25) is 0 Å². The predicted molar refractivity (Wildman–Crippen MR) is 121 cm³/mol.